The predicted molar refractivity (Wildman–Crippen MR) is 108 cm³/mol. The van der Waals surface area contributed by atoms with Crippen molar-refractivity contribution >= 4 is 45.8 Å². The molecular weight excluding hydrogens is 427 g/mol. The molecule has 25 heavy (non-hydrogen) atoms. The molecule has 3 rings (SSSR count). The van der Waals surface area contributed by atoms with Crippen LogP contribution in [0.25, 0.3) is 0 Å². The molecule has 0 saturated heterocycles. The Balaban J connectivity index is 1.64. The van der Waals surface area contributed by atoms with Gasteiger partial charge in [-0.05, 0) is 77.2 Å². The van der Waals surface area contributed by atoms with E-state index in [1.54, 1.807) is 42.5 Å². The zero-order valence-corrected chi connectivity index (χ0v) is 15.4. The summed E-state index contributed by atoms with van der Waals surface area (Å²) in [7, 11) is 0. The van der Waals surface area contributed by atoms with Crippen LogP contribution in [0, 0.1) is 3.57 Å². The number of halogens is 1. The molecule has 0 saturated carbocycles. The monoisotopic (exact) mass is 442 g/mol. The Morgan fingerprint density at radius 1 is 0.640 bits per heavy atom. The average Bonchev–Trinajstić information content (AvgIpc) is 2.64. The van der Waals surface area contributed by atoms with Gasteiger partial charge in [0.1, 0.15) is 0 Å². The van der Waals surface area contributed by atoms with E-state index >= 15 is 0 Å². The van der Waals surface area contributed by atoms with E-state index in [0.717, 1.165) is 3.57 Å². The highest BCUT2D eigenvalue weighted by Crippen LogP contribution is 2.16. The molecule has 0 radical (unpaired) electrons. The molecule has 0 aliphatic carbocycles. The van der Waals surface area contributed by atoms with Gasteiger partial charge in [-0.3, -0.25) is 9.59 Å². The van der Waals surface area contributed by atoms with Crippen molar-refractivity contribution in [3.63, 3.8) is 0 Å². The molecule has 3 aromatic carbocycles. The van der Waals surface area contributed by atoms with Gasteiger partial charge >= 0.3 is 0 Å². The van der Waals surface area contributed by atoms with Gasteiger partial charge < -0.3 is 10.6 Å². The first kappa shape index (κ1) is 17.2. The van der Waals surface area contributed by atoms with Crippen LogP contribution in [-0.4, -0.2) is 11.8 Å². The minimum Gasteiger partial charge on any atom is -0.322 e. The van der Waals surface area contributed by atoms with Crippen LogP contribution in [0.5, 0.6) is 0 Å². The van der Waals surface area contributed by atoms with E-state index in [9.17, 15) is 9.59 Å². The van der Waals surface area contributed by atoms with Gasteiger partial charge in [-0.15, -0.1) is 0 Å². The first-order valence-corrected chi connectivity index (χ1v) is 8.73. The number of nitrogens with one attached hydrogen (secondary N) is 2. The second-order valence-corrected chi connectivity index (χ2v) is 6.61. The van der Waals surface area contributed by atoms with E-state index < -0.39 is 0 Å². The van der Waals surface area contributed by atoms with Gasteiger partial charge in [0.15, 0.2) is 0 Å². The smallest absolute Gasteiger partial charge is 0.255 e. The first-order chi connectivity index (χ1) is 12.1. The van der Waals surface area contributed by atoms with Gasteiger partial charge in [0.25, 0.3) is 11.8 Å². The van der Waals surface area contributed by atoms with Crippen molar-refractivity contribution in [2.45, 2.75) is 0 Å². The third-order valence-corrected chi connectivity index (χ3v) is 4.19. The quantitative estimate of drug-likeness (QED) is 0.571. The fraction of sp³-hybridized carbons (Fsp3) is 0. The van der Waals surface area contributed by atoms with Gasteiger partial charge in [-0.2, -0.15) is 0 Å². The topological polar surface area (TPSA) is 58.2 Å². The zero-order chi connectivity index (χ0) is 17.6. The molecule has 0 atom stereocenters. The number of carbonyl (C=O) groups is 2. The summed E-state index contributed by atoms with van der Waals surface area (Å²) in [6, 6.07) is 23.4. The van der Waals surface area contributed by atoms with Crippen LogP contribution in [0.1, 0.15) is 20.7 Å². The van der Waals surface area contributed by atoms with Crippen molar-refractivity contribution in [2.75, 3.05) is 10.6 Å². The molecule has 0 unspecified atom stereocenters. The Labute approximate surface area is 159 Å². The predicted octanol–water partition coefficient (Wildman–Crippen LogP) is 4.80. The maximum atomic E-state index is 12.2. The van der Waals surface area contributed by atoms with Crippen molar-refractivity contribution in [1.82, 2.24) is 0 Å². The summed E-state index contributed by atoms with van der Waals surface area (Å²) in [5.74, 6) is -0.337. The maximum Gasteiger partial charge on any atom is 0.255 e. The minimum atomic E-state index is -0.170. The summed E-state index contributed by atoms with van der Waals surface area (Å²) in [4.78, 5) is 24.3. The van der Waals surface area contributed by atoms with Crippen LogP contribution in [0.2, 0.25) is 0 Å². The summed E-state index contributed by atoms with van der Waals surface area (Å²) in [6.45, 7) is 0. The van der Waals surface area contributed by atoms with Crippen LogP contribution >= 0.6 is 22.6 Å². The Kier molecular flexibility index (Phi) is 5.45. The van der Waals surface area contributed by atoms with Gasteiger partial charge in [-0.1, -0.05) is 24.3 Å². The van der Waals surface area contributed by atoms with Crippen LogP contribution in [0.15, 0.2) is 78.9 Å². The summed E-state index contributed by atoms with van der Waals surface area (Å²) in [5, 5.41) is 5.67. The molecule has 4 nitrogen and oxygen atoms in total. The lowest BCUT2D eigenvalue weighted by Crippen LogP contribution is -2.13. The summed E-state index contributed by atoms with van der Waals surface area (Å²) in [5.41, 5.74) is 2.54. The molecular formula is C20H15IN2O2. The fourth-order valence-electron chi connectivity index (χ4n) is 2.26. The maximum absolute atomic E-state index is 12.2. The molecule has 124 valence electrons. The zero-order valence-electron chi connectivity index (χ0n) is 13.2. The number of hydrogen-bond acceptors (Lipinski definition) is 2. The molecule has 0 bridgehead atoms. The molecule has 0 aliphatic rings. The van der Waals surface area contributed by atoms with Crippen LogP contribution in [0.4, 0.5) is 11.4 Å². The summed E-state index contributed by atoms with van der Waals surface area (Å²) in [6.07, 6.45) is 0. The van der Waals surface area contributed by atoms with Gasteiger partial charge in [-0.25, -0.2) is 0 Å². The highest BCUT2D eigenvalue weighted by atomic mass is 127. The summed E-state index contributed by atoms with van der Waals surface area (Å²) >= 11 is 2.17. The highest BCUT2D eigenvalue weighted by Gasteiger charge is 2.08. The molecule has 2 amide bonds. The molecule has 0 spiro atoms. The van der Waals surface area contributed by atoms with E-state index in [2.05, 4.69) is 33.2 Å². The van der Waals surface area contributed by atoms with E-state index in [0.29, 0.717) is 22.5 Å². The Bertz CT molecular complexity index is 893. The molecule has 0 heterocycles. The third kappa shape index (κ3) is 4.67. The van der Waals surface area contributed by atoms with Gasteiger partial charge in [0.2, 0.25) is 0 Å². The van der Waals surface area contributed by atoms with Gasteiger partial charge in [0.05, 0.1) is 0 Å². The number of rotatable bonds is 4. The highest BCUT2D eigenvalue weighted by molar-refractivity contribution is 14.1. The van der Waals surface area contributed by atoms with Crippen LogP contribution < -0.4 is 10.6 Å². The largest absolute Gasteiger partial charge is 0.322 e. The lowest BCUT2D eigenvalue weighted by molar-refractivity contribution is 0.101. The number of benzene rings is 3. The number of hydrogen-bond donors (Lipinski definition) is 2. The second-order valence-electron chi connectivity index (χ2n) is 5.36. The Hall–Kier alpha value is -2.67. The SMILES string of the molecule is O=C(Nc1ccc(NC(=O)c2cccc(I)c2)cc1)c1ccccc1. The third-order valence-electron chi connectivity index (χ3n) is 3.52. The molecule has 0 aromatic heterocycles. The number of anilines is 2. The van der Waals surface area contributed by atoms with E-state index in [-0.39, 0.29) is 11.8 Å². The lowest BCUT2D eigenvalue weighted by atomic mass is 10.2. The van der Waals surface area contributed by atoms with Crippen molar-refractivity contribution in [3.05, 3.63) is 93.6 Å². The average molecular weight is 442 g/mol. The lowest BCUT2D eigenvalue weighted by Gasteiger charge is -2.08. The van der Waals surface area contributed by atoms with Crippen LogP contribution in [-0.2, 0) is 0 Å². The van der Waals surface area contributed by atoms with E-state index in [1.165, 1.54) is 0 Å². The molecule has 0 fully saturated rings. The van der Waals surface area contributed by atoms with Crippen molar-refractivity contribution in [1.29, 1.82) is 0 Å². The molecule has 2 N–H and O–H groups in total. The first-order valence-electron chi connectivity index (χ1n) is 7.65. The van der Waals surface area contributed by atoms with Gasteiger partial charge in [0, 0.05) is 26.1 Å². The van der Waals surface area contributed by atoms with Crippen molar-refractivity contribution in [2.24, 2.45) is 0 Å². The normalized spacial score (nSPS) is 10.1. The molecule has 5 heteroatoms. The standard InChI is InChI=1S/C20H15IN2O2/c21-16-8-4-7-15(13-16)20(25)23-18-11-9-17(10-12-18)22-19(24)14-5-2-1-3-6-14/h1-13H,(H,22,24)(H,23,25). The molecule has 0 aliphatic heterocycles. The fourth-order valence-corrected chi connectivity index (χ4v) is 2.81. The Morgan fingerprint density at radius 2 is 1.16 bits per heavy atom. The van der Waals surface area contributed by atoms with Crippen LogP contribution in [0.3, 0.4) is 0 Å². The van der Waals surface area contributed by atoms with Crippen molar-refractivity contribution < 1.29 is 9.59 Å². The summed E-state index contributed by atoms with van der Waals surface area (Å²) < 4.78 is 1.00. The van der Waals surface area contributed by atoms with E-state index in [4.69, 9.17) is 0 Å². The molecule has 3 aromatic rings. The number of carbonyl (C=O) groups excluding carboxylic acids is 2. The van der Waals surface area contributed by atoms with Crippen molar-refractivity contribution in [3.8, 4) is 0 Å². The Morgan fingerprint density at radius 3 is 1.72 bits per heavy atom. The minimum absolute atomic E-state index is 0.167. The second kappa shape index (κ2) is 7.94. The van der Waals surface area contributed by atoms with E-state index in [1.807, 2.05) is 36.4 Å². The number of amides is 2.